The molecule has 0 amide bonds. The van der Waals surface area contributed by atoms with Gasteiger partial charge in [-0.2, -0.15) is 0 Å². The Morgan fingerprint density at radius 2 is 2.10 bits per heavy atom. The van der Waals surface area contributed by atoms with Crippen molar-refractivity contribution in [1.82, 2.24) is 10.4 Å². The molecule has 0 fully saturated rings. The predicted octanol–water partition coefficient (Wildman–Crippen LogP) is 1.42. The van der Waals surface area contributed by atoms with Gasteiger partial charge in [-0.3, -0.25) is 4.18 Å². The molecule has 6 nitrogen and oxygen atoms in total. The van der Waals surface area contributed by atoms with Crippen LogP contribution in [-0.4, -0.2) is 47.0 Å². The Hall–Kier alpha value is -0.760. The highest BCUT2D eigenvalue weighted by atomic mass is 32.2. The minimum absolute atomic E-state index is 0.323. The summed E-state index contributed by atoms with van der Waals surface area (Å²) in [5, 5.41) is 12.5. The number of nitrogens with one attached hydrogen (secondary N) is 1. The molecule has 20 heavy (non-hydrogen) atoms. The zero-order valence-corrected chi connectivity index (χ0v) is 13.7. The molecule has 0 bridgehead atoms. The first-order chi connectivity index (χ1) is 9.08. The second-order valence-corrected chi connectivity index (χ2v) is 6.41. The second-order valence-electron chi connectivity index (χ2n) is 5.66. The molecule has 0 aliphatic carbocycles. The summed E-state index contributed by atoms with van der Waals surface area (Å²) in [6.45, 7) is 9.13. The molecule has 0 aromatic rings. The van der Waals surface area contributed by atoms with Crippen molar-refractivity contribution in [3.63, 3.8) is 0 Å². The van der Waals surface area contributed by atoms with Crippen LogP contribution in [0.4, 0.5) is 0 Å². The van der Waals surface area contributed by atoms with Crippen LogP contribution in [0, 0.1) is 0 Å². The number of carbonyl (C=O) groups is 1. The van der Waals surface area contributed by atoms with Crippen molar-refractivity contribution in [3.05, 3.63) is 11.1 Å². The summed E-state index contributed by atoms with van der Waals surface area (Å²) in [4.78, 5) is 11.7. The maximum Gasteiger partial charge on any atom is 0.329 e. The number of rotatable bonds is 6. The highest BCUT2D eigenvalue weighted by molar-refractivity contribution is 7.98. The van der Waals surface area contributed by atoms with Crippen LogP contribution < -0.4 is 5.43 Å². The molecule has 1 atom stereocenters. The van der Waals surface area contributed by atoms with Crippen molar-refractivity contribution in [1.29, 1.82) is 0 Å². The van der Waals surface area contributed by atoms with Gasteiger partial charge >= 0.3 is 5.97 Å². The van der Waals surface area contributed by atoms with Crippen molar-refractivity contribution < 1.29 is 18.8 Å². The van der Waals surface area contributed by atoms with Crippen LogP contribution >= 0.6 is 12.0 Å². The third kappa shape index (κ3) is 4.12. The van der Waals surface area contributed by atoms with Crippen molar-refractivity contribution in [3.8, 4) is 0 Å². The minimum Gasteiger partial charge on any atom is -0.465 e. The van der Waals surface area contributed by atoms with Crippen molar-refractivity contribution >= 4 is 18.0 Å². The number of hydrazine groups is 1. The number of esters is 1. The number of hydrogen-bond donors (Lipinski definition) is 2. The van der Waals surface area contributed by atoms with Crippen LogP contribution in [0.3, 0.4) is 0 Å². The fourth-order valence-corrected chi connectivity index (χ4v) is 2.10. The normalized spacial score (nSPS) is 20.1. The Bertz CT molecular complexity index is 390. The zero-order chi connectivity index (χ0) is 15.6. The van der Waals surface area contributed by atoms with Gasteiger partial charge < -0.3 is 14.9 Å². The molecule has 116 valence electrons. The first kappa shape index (κ1) is 17.3. The molecule has 2 N–H and O–H groups in total. The van der Waals surface area contributed by atoms with Crippen LogP contribution in [0.15, 0.2) is 11.1 Å². The van der Waals surface area contributed by atoms with Crippen LogP contribution in [0.25, 0.3) is 0 Å². The van der Waals surface area contributed by atoms with Gasteiger partial charge in [0, 0.05) is 19.1 Å². The summed E-state index contributed by atoms with van der Waals surface area (Å²) in [6, 6.07) is -0.503. The van der Waals surface area contributed by atoms with Gasteiger partial charge in [0.25, 0.3) is 0 Å². The summed E-state index contributed by atoms with van der Waals surface area (Å²) < 4.78 is 10.7. The van der Waals surface area contributed by atoms with E-state index in [0.29, 0.717) is 6.61 Å². The number of aliphatic hydroxyl groups is 1. The molecule has 1 rings (SSSR count). The van der Waals surface area contributed by atoms with Crippen LogP contribution in [0.5, 0.6) is 0 Å². The zero-order valence-electron chi connectivity index (χ0n) is 12.9. The SMILES string of the molecule is CCOC(=O)C1C=C(SOC(C)(C)C(C)(C)O)N(C)N1. The van der Waals surface area contributed by atoms with Gasteiger partial charge in [0.1, 0.15) is 16.7 Å². The molecule has 0 radical (unpaired) electrons. The van der Waals surface area contributed by atoms with E-state index in [1.165, 1.54) is 0 Å². The standard InChI is InChI=1S/C13H24N2O4S/c1-7-18-11(16)9-8-10(15(6)14-9)20-19-13(4,5)12(2,3)17/h8-9,14,17H,7H2,1-6H3. The fraction of sp³-hybridized carbons (Fsp3) is 0.769. The molecule has 7 heteroatoms. The Balaban J connectivity index is 2.64. The highest BCUT2D eigenvalue weighted by Crippen LogP contribution is 2.34. The third-order valence-electron chi connectivity index (χ3n) is 3.32. The first-order valence-corrected chi connectivity index (χ1v) is 7.29. The van der Waals surface area contributed by atoms with E-state index in [2.05, 4.69) is 5.43 Å². The molecule has 0 saturated carbocycles. The maximum absolute atomic E-state index is 11.7. The lowest BCUT2D eigenvalue weighted by molar-refractivity contribution is -0.144. The van der Waals surface area contributed by atoms with Gasteiger partial charge in [-0.25, -0.2) is 10.2 Å². The van der Waals surface area contributed by atoms with Crippen molar-refractivity contribution in [2.24, 2.45) is 0 Å². The maximum atomic E-state index is 11.7. The lowest BCUT2D eigenvalue weighted by Gasteiger charge is -2.36. The lowest BCUT2D eigenvalue weighted by atomic mass is 9.90. The van der Waals surface area contributed by atoms with E-state index in [0.717, 1.165) is 17.1 Å². The number of nitrogens with zero attached hydrogens (tertiary/aromatic N) is 1. The van der Waals surface area contributed by atoms with E-state index in [4.69, 9.17) is 8.92 Å². The Labute approximate surface area is 124 Å². The van der Waals surface area contributed by atoms with Crippen molar-refractivity contribution in [2.45, 2.75) is 51.9 Å². The molecule has 1 heterocycles. The Kier molecular flexibility index (Phi) is 5.48. The van der Waals surface area contributed by atoms with Crippen LogP contribution in [0.2, 0.25) is 0 Å². The quantitative estimate of drug-likeness (QED) is 0.568. The molecular weight excluding hydrogens is 280 g/mol. The summed E-state index contributed by atoms with van der Waals surface area (Å²) >= 11 is 1.12. The average molecular weight is 304 g/mol. The van der Waals surface area contributed by atoms with Crippen LogP contribution in [-0.2, 0) is 13.7 Å². The summed E-state index contributed by atoms with van der Waals surface area (Å²) in [5.74, 6) is -0.323. The van der Waals surface area contributed by atoms with Gasteiger partial charge in [0.15, 0.2) is 0 Å². The van der Waals surface area contributed by atoms with E-state index in [-0.39, 0.29) is 5.97 Å². The van der Waals surface area contributed by atoms with Gasteiger partial charge in [-0.1, -0.05) is 0 Å². The van der Waals surface area contributed by atoms with Gasteiger partial charge in [-0.15, -0.1) is 0 Å². The Morgan fingerprint density at radius 1 is 1.50 bits per heavy atom. The third-order valence-corrected chi connectivity index (χ3v) is 4.40. The Morgan fingerprint density at radius 3 is 2.60 bits per heavy atom. The molecule has 0 aromatic heterocycles. The minimum atomic E-state index is -0.980. The summed E-state index contributed by atoms with van der Waals surface area (Å²) in [6.07, 6.45) is 1.74. The smallest absolute Gasteiger partial charge is 0.329 e. The van der Waals surface area contributed by atoms with E-state index in [1.807, 2.05) is 13.8 Å². The van der Waals surface area contributed by atoms with E-state index in [1.54, 1.807) is 38.9 Å². The number of hydrogen-bond acceptors (Lipinski definition) is 7. The number of carbonyl (C=O) groups excluding carboxylic acids is 1. The van der Waals surface area contributed by atoms with Gasteiger partial charge in [0.2, 0.25) is 0 Å². The second kappa shape index (κ2) is 6.34. The molecular formula is C13H24N2O4S. The highest BCUT2D eigenvalue weighted by Gasteiger charge is 2.38. The monoisotopic (exact) mass is 304 g/mol. The molecule has 1 aliphatic rings. The number of ether oxygens (including phenoxy) is 1. The van der Waals surface area contributed by atoms with Gasteiger partial charge in [0.05, 0.1) is 12.2 Å². The molecule has 0 aromatic carbocycles. The summed E-state index contributed by atoms with van der Waals surface area (Å²) in [7, 11) is 1.79. The van der Waals surface area contributed by atoms with E-state index >= 15 is 0 Å². The average Bonchev–Trinajstić information content (AvgIpc) is 2.67. The van der Waals surface area contributed by atoms with E-state index in [9.17, 15) is 9.90 Å². The predicted molar refractivity (Wildman–Crippen MR) is 78.5 cm³/mol. The van der Waals surface area contributed by atoms with E-state index < -0.39 is 17.2 Å². The molecule has 1 unspecified atom stereocenters. The van der Waals surface area contributed by atoms with Crippen molar-refractivity contribution in [2.75, 3.05) is 13.7 Å². The first-order valence-electron chi connectivity index (χ1n) is 6.55. The summed E-state index contributed by atoms with van der Waals surface area (Å²) in [5.41, 5.74) is 1.25. The van der Waals surface area contributed by atoms with Gasteiger partial charge in [-0.05, 0) is 40.7 Å². The molecule has 0 spiro atoms. The molecule has 1 aliphatic heterocycles. The topological polar surface area (TPSA) is 71.0 Å². The fourth-order valence-electron chi connectivity index (χ4n) is 1.25. The largest absolute Gasteiger partial charge is 0.465 e. The van der Waals surface area contributed by atoms with Crippen LogP contribution in [0.1, 0.15) is 34.6 Å². The molecule has 0 saturated heterocycles. The lowest BCUT2D eigenvalue weighted by Crippen LogP contribution is -2.46.